The molecule has 0 fully saturated rings. The summed E-state index contributed by atoms with van der Waals surface area (Å²) in [6.45, 7) is 11.8. The van der Waals surface area contributed by atoms with Gasteiger partial charge in [0, 0.05) is 25.7 Å². The molecule has 0 rings (SSSR count). The Labute approximate surface area is 586 Å². The number of phosphoric acid groups is 2. The van der Waals surface area contributed by atoms with Crippen LogP contribution in [0.2, 0.25) is 0 Å². The largest absolute Gasteiger partial charge is 0.472 e. The Morgan fingerprint density at radius 3 is 0.927 bits per heavy atom. The number of ether oxygens (including phenoxy) is 4. The Balaban J connectivity index is 5.25. The van der Waals surface area contributed by atoms with Gasteiger partial charge < -0.3 is 33.8 Å². The molecule has 0 radical (unpaired) electrons. The minimum absolute atomic E-state index is 0.0978. The summed E-state index contributed by atoms with van der Waals surface area (Å²) in [6, 6.07) is 0. The van der Waals surface area contributed by atoms with E-state index in [0.717, 1.165) is 133 Å². The molecule has 17 nitrogen and oxygen atoms in total. The van der Waals surface area contributed by atoms with Crippen molar-refractivity contribution in [1.82, 2.24) is 0 Å². The van der Waals surface area contributed by atoms with Gasteiger partial charge in [0.15, 0.2) is 12.2 Å². The summed E-state index contributed by atoms with van der Waals surface area (Å²) in [5.74, 6) is 0.154. The van der Waals surface area contributed by atoms with Gasteiger partial charge in [-0.1, -0.05) is 317 Å². The van der Waals surface area contributed by atoms with Crippen molar-refractivity contribution < 1.29 is 80.2 Å². The summed E-state index contributed by atoms with van der Waals surface area (Å²) in [5, 5.41) is 10.6. The zero-order chi connectivity index (χ0) is 70.9. The number of phosphoric ester groups is 2. The van der Waals surface area contributed by atoms with Crippen LogP contribution >= 0.6 is 15.6 Å². The van der Waals surface area contributed by atoms with Crippen LogP contribution in [-0.4, -0.2) is 96.7 Å². The van der Waals surface area contributed by atoms with Gasteiger partial charge in [-0.25, -0.2) is 9.13 Å². The van der Waals surface area contributed by atoms with E-state index in [1.807, 2.05) is 0 Å². The standard InChI is InChI=1S/C77H146O17P2/c1-8-11-12-13-14-15-16-17-20-24-27-30-36-44-51-58-74(79)87-64-72(94-77(82)61-54-47-38-33-32-35-42-49-56-69(6)9-2)66-91-95(83,84)89-62-71(78)63-90-96(85,86)92-67-73(65-88-75(80)59-52-45-40-39-43-50-57-70(7)10-3)93-76(81)60-53-46-37-31-28-25-22-19-18-21-23-26-29-34-41-48-55-68(4)5/h15-17,20,68-73,78H,8-14,18-19,21-67H2,1-7H3,(H,83,84)(H,85,86)/b16-15-,20-17-/t69?,70?,71-,72-,73-/m1/s1. The molecular formula is C77H146O17P2. The smallest absolute Gasteiger partial charge is 0.462 e. The van der Waals surface area contributed by atoms with E-state index in [1.165, 1.54) is 154 Å². The summed E-state index contributed by atoms with van der Waals surface area (Å²) in [7, 11) is -9.93. The maximum absolute atomic E-state index is 13.1. The predicted molar refractivity (Wildman–Crippen MR) is 390 cm³/mol. The summed E-state index contributed by atoms with van der Waals surface area (Å²) in [5.41, 5.74) is 0. The lowest BCUT2D eigenvalue weighted by molar-refractivity contribution is -0.161. The maximum atomic E-state index is 13.1. The van der Waals surface area contributed by atoms with E-state index in [0.29, 0.717) is 25.7 Å². The fourth-order valence-electron chi connectivity index (χ4n) is 11.2. The molecule has 7 atom stereocenters. The third kappa shape index (κ3) is 67.4. The molecule has 0 aromatic carbocycles. The molecule has 0 amide bonds. The number of esters is 4. The lowest BCUT2D eigenvalue weighted by Gasteiger charge is -2.21. The van der Waals surface area contributed by atoms with Crippen molar-refractivity contribution in [1.29, 1.82) is 0 Å². The molecule has 0 saturated carbocycles. The van der Waals surface area contributed by atoms with Crippen molar-refractivity contribution in [3.05, 3.63) is 24.3 Å². The first kappa shape index (κ1) is 93.5. The average Bonchev–Trinajstić information content (AvgIpc) is 1.19. The van der Waals surface area contributed by atoms with Crippen LogP contribution in [0.25, 0.3) is 0 Å². The number of unbranched alkanes of at least 4 members (excludes halogenated alkanes) is 36. The highest BCUT2D eigenvalue weighted by molar-refractivity contribution is 7.47. The first-order valence-electron chi connectivity index (χ1n) is 39.2. The van der Waals surface area contributed by atoms with Crippen LogP contribution in [0.3, 0.4) is 0 Å². The second-order valence-electron chi connectivity index (χ2n) is 28.0. The van der Waals surface area contributed by atoms with Gasteiger partial charge in [0.25, 0.3) is 0 Å². The number of aliphatic hydroxyl groups excluding tert-OH is 1. The molecule has 0 aromatic heterocycles. The van der Waals surface area contributed by atoms with Gasteiger partial charge >= 0.3 is 39.5 Å². The first-order chi connectivity index (χ1) is 46.3. The number of aliphatic hydroxyl groups is 1. The van der Waals surface area contributed by atoms with Crippen molar-refractivity contribution >= 4 is 39.5 Å². The zero-order valence-electron chi connectivity index (χ0n) is 62.3. The molecule has 4 unspecified atom stereocenters. The van der Waals surface area contributed by atoms with Crippen molar-refractivity contribution in [2.24, 2.45) is 17.8 Å². The normalized spacial score (nSPS) is 14.8. The van der Waals surface area contributed by atoms with Crippen molar-refractivity contribution in [2.75, 3.05) is 39.6 Å². The lowest BCUT2D eigenvalue weighted by Crippen LogP contribution is -2.30. The molecule has 0 aliphatic heterocycles. The number of allylic oxidation sites excluding steroid dienone is 4. The minimum Gasteiger partial charge on any atom is -0.462 e. The van der Waals surface area contributed by atoms with Gasteiger partial charge in [0.2, 0.25) is 0 Å². The number of hydrogen-bond donors (Lipinski definition) is 3. The van der Waals surface area contributed by atoms with Crippen LogP contribution in [0.4, 0.5) is 0 Å². The molecule has 3 N–H and O–H groups in total. The van der Waals surface area contributed by atoms with Gasteiger partial charge in [-0.2, -0.15) is 0 Å². The molecule has 0 aliphatic carbocycles. The predicted octanol–water partition coefficient (Wildman–Crippen LogP) is 22.1. The Morgan fingerprint density at radius 2 is 0.615 bits per heavy atom. The minimum atomic E-state index is -4.96. The Bertz CT molecular complexity index is 1970. The molecule has 0 saturated heterocycles. The topological polar surface area (TPSA) is 237 Å². The third-order valence-corrected chi connectivity index (χ3v) is 19.9. The van der Waals surface area contributed by atoms with Gasteiger partial charge in [0.05, 0.1) is 26.4 Å². The molecule has 566 valence electrons. The number of carbonyl (C=O) groups excluding carboxylic acids is 4. The summed E-state index contributed by atoms with van der Waals surface area (Å²) in [4.78, 5) is 72.8. The van der Waals surface area contributed by atoms with Crippen LogP contribution in [-0.2, 0) is 65.4 Å². The third-order valence-electron chi connectivity index (χ3n) is 18.0. The fraction of sp³-hybridized carbons (Fsp3) is 0.896. The second kappa shape index (κ2) is 67.1. The molecule has 19 heteroatoms. The molecular weight excluding hydrogens is 1260 g/mol. The number of carbonyl (C=O) groups is 4. The average molecular weight is 1410 g/mol. The summed E-state index contributed by atoms with van der Waals surface area (Å²) >= 11 is 0. The number of rotatable bonds is 73. The van der Waals surface area contributed by atoms with E-state index < -0.39 is 97.5 Å². The zero-order valence-corrected chi connectivity index (χ0v) is 64.1. The molecule has 0 bridgehead atoms. The van der Waals surface area contributed by atoms with Crippen molar-refractivity contribution in [2.45, 2.75) is 388 Å². The van der Waals surface area contributed by atoms with Gasteiger partial charge in [-0.05, 0) is 69.1 Å². The molecule has 0 aromatic rings. The van der Waals surface area contributed by atoms with Gasteiger partial charge in [0.1, 0.15) is 19.3 Å². The Morgan fingerprint density at radius 1 is 0.344 bits per heavy atom. The highest BCUT2D eigenvalue weighted by atomic mass is 31.2. The quantitative estimate of drug-likeness (QED) is 0.0169. The summed E-state index contributed by atoms with van der Waals surface area (Å²) in [6.07, 6.45) is 56.3. The maximum Gasteiger partial charge on any atom is 0.472 e. The van der Waals surface area contributed by atoms with Crippen molar-refractivity contribution in [3.8, 4) is 0 Å². The Hall–Kier alpha value is -2.46. The summed E-state index contributed by atoms with van der Waals surface area (Å²) < 4.78 is 68.5. The van der Waals surface area contributed by atoms with E-state index in [1.54, 1.807) is 0 Å². The van der Waals surface area contributed by atoms with Crippen LogP contribution in [0.5, 0.6) is 0 Å². The van der Waals surface area contributed by atoms with Gasteiger partial charge in [-0.3, -0.25) is 37.3 Å². The monoisotopic (exact) mass is 1410 g/mol. The lowest BCUT2D eigenvalue weighted by atomic mass is 9.99. The van der Waals surface area contributed by atoms with E-state index in [2.05, 4.69) is 72.8 Å². The number of hydrogen-bond acceptors (Lipinski definition) is 15. The van der Waals surface area contributed by atoms with Crippen LogP contribution in [0.15, 0.2) is 24.3 Å². The molecule has 96 heavy (non-hydrogen) atoms. The van der Waals surface area contributed by atoms with Crippen LogP contribution in [0.1, 0.15) is 370 Å². The van der Waals surface area contributed by atoms with E-state index in [4.69, 9.17) is 37.0 Å². The molecule has 0 heterocycles. The SMILES string of the molecule is CCCCCC/C=C\C=C/CCCCCCCC(=O)OC[C@H](COP(=O)(O)OC[C@@H](O)COP(=O)(O)OC[C@@H](COC(=O)CCCCCCCCC(C)CC)OC(=O)CCCCCCCCCCCCCCCCCCC(C)C)OC(=O)CCCCCCCCCCC(C)CC. The van der Waals surface area contributed by atoms with Crippen LogP contribution < -0.4 is 0 Å². The highest BCUT2D eigenvalue weighted by Gasteiger charge is 2.30. The first-order valence-corrected chi connectivity index (χ1v) is 42.2. The Kier molecular flexibility index (Phi) is 65.3. The van der Waals surface area contributed by atoms with Crippen molar-refractivity contribution in [3.63, 3.8) is 0 Å². The van der Waals surface area contributed by atoms with Gasteiger partial charge in [-0.15, -0.1) is 0 Å². The van der Waals surface area contributed by atoms with E-state index >= 15 is 0 Å². The highest BCUT2D eigenvalue weighted by Crippen LogP contribution is 2.45. The molecule has 0 spiro atoms. The van der Waals surface area contributed by atoms with E-state index in [-0.39, 0.29) is 25.7 Å². The fourth-order valence-corrected chi connectivity index (χ4v) is 12.8. The molecule has 0 aliphatic rings. The van der Waals surface area contributed by atoms with E-state index in [9.17, 15) is 43.2 Å². The second-order valence-corrected chi connectivity index (χ2v) is 30.9. The van der Waals surface area contributed by atoms with Crippen LogP contribution in [0, 0.1) is 17.8 Å².